The van der Waals surface area contributed by atoms with Crippen molar-refractivity contribution in [3.63, 3.8) is 0 Å². The quantitative estimate of drug-likeness (QED) is 0.387. The van der Waals surface area contributed by atoms with Crippen molar-refractivity contribution in [3.8, 4) is 11.3 Å². The van der Waals surface area contributed by atoms with E-state index in [-0.39, 0.29) is 22.9 Å². The van der Waals surface area contributed by atoms with Crippen LogP contribution in [0.4, 0.5) is 8.78 Å². The molecule has 0 unspecified atom stereocenters. The van der Waals surface area contributed by atoms with E-state index in [1.807, 2.05) is 26.8 Å². The Labute approximate surface area is 229 Å². The second-order valence-corrected chi connectivity index (χ2v) is 13.1. The van der Waals surface area contributed by atoms with E-state index >= 15 is 0 Å². The van der Waals surface area contributed by atoms with Gasteiger partial charge in [-0.2, -0.15) is 0 Å². The van der Waals surface area contributed by atoms with Gasteiger partial charge in [0.15, 0.2) is 0 Å². The van der Waals surface area contributed by atoms with Gasteiger partial charge in [0.05, 0.1) is 5.56 Å². The molecule has 38 heavy (non-hydrogen) atoms. The minimum absolute atomic E-state index is 0.0309. The molecule has 2 aromatic rings. The van der Waals surface area contributed by atoms with Crippen LogP contribution in [0.5, 0.6) is 0 Å². The van der Waals surface area contributed by atoms with Gasteiger partial charge in [-0.15, -0.1) is 0 Å². The second-order valence-electron chi connectivity index (χ2n) is 11.4. The Kier molecular flexibility index (Phi) is 9.49. The smallest absolute Gasteiger partial charge is 0.263 e. The zero-order chi connectivity index (χ0) is 27.4. The highest BCUT2D eigenvalue weighted by Crippen LogP contribution is 2.49. The first-order valence-corrected chi connectivity index (χ1v) is 16.0. The molecule has 2 aliphatic carbocycles. The van der Waals surface area contributed by atoms with Gasteiger partial charge in [0.1, 0.15) is 0 Å². The topological polar surface area (TPSA) is 51.1 Å². The van der Waals surface area contributed by atoms with Crippen LogP contribution in [0.15, 0.2) is 24.3 Å². The van der Waals surface area contributed by atoms with Crippen molar-refractivity contribution in [2.24, 2.45) is 5.92 Å². The predicted molar refractivity (Wildman–Crippen MR) is 152 cm³/mol. The third-order valence-corrected chi connectivity index (χ3v) is 10.1. The Morgan fingerprint density at radius 3 is 2.32 bits per heavy atom. The minimum atomic E-state index is -2.53. The first kappa shape index (κ1) is 29.0. The molecule has 1 N–H and O–H groups in total. The predicted octanol–water partition coefficient (Wildman–Crippen LogP) is 7.70. The van der Waals surface area contributed by atoms with Crippen LogP contribution in [0.2, 0.25) is 0 Å². The number of nitrogens with one attached hydrogen (secondary N) is 1. The molecule has 3 fully saturated rings. The molecule has 5 rings (SSSR count). The van der Waals surface area contributed by atoms with Gasteiger partial charge < -0.3 is 9.88 Å². The van der Waals surface area contributed by atoms with Gasteiger partial charge in [-0.1, -0.05) is 40.0 Å². The van der Waals surface area contributed by atoms with Crippen molar-refractivity contribution in [1.82, 2.24) is 9.88 Å². The van der Waals surface area contributed by atoms with Gasteiger partial charge in [-0.25, -0.2) is 8.78 Å². The second kappa shape index (κ2) is 12.4. The van der Waals surface area contributed by atoms with E-state index in [9.17, 15) is 17.8 Å². The standard InChI is InChI=1S/C29H38F2N2O2S.C2H6/c1-19-25(28(34)32-24-8-12-36(35)13-9-24)17-26(33(19)18-20-6-4-3-5-7-20)21-14-22(27(30)31)16-23(15-21)29(2)10-11-29;1-2/h14-17,20,24,27H,3-13,18H2,1-2H3,(H,32,34);1-2H3. The van der Waals surface area contributed by atoms with E-state index in [4.69, 9.17) is 0 Å². The minimum Gasteiger partial charge on any atom is -0.349 e. The number of alkyl halides is 2. The Morgan fingerprint density at radius 1 is 1.05 bits per heavy atom. The normalized spacial score (nSPS) is 23.0. The van der Waals surface area contributed by atoms with Crippen molar-refractivity contribution in [2.45, 2.75) is 110 Å². The third kappa shape index (κ3) is 6.57. The number of hydrogen-bond donors (Lipinski definition) is 1. The van der Waals surface area contributed by atoms with E-state index < -0.39 is 17.2 Å². The summed E-state index contributed by atoms with van der Waals surface area (Å²) in [6.45, 7) is 8.93. The highest BCUT2D eigenvalue weighted by Gasteiger charge is 2.40. The molecule has 210 valence electrons. The zero-order valence-electron chi connectivity index (χ0n) is 23.5. The van der Waals surface area contributed by atoms with E-state index in [1.165, 1.54) is 19.3 Å². The van der Waals surface area contributed by atoms with E-state index in [2.05, 4.69) is 22.9 Å². The molecule has 3 aliphatic rings. The van der Waals surface area contributed by atoms with Crippen LogP contribution in [0.25, 0.3) is 11.3 Å². The number of aromatic nitrogens is 1. The summed E-state index contributed by atoms with van der Waals surface area (Å²) < 4.78 is 41.8. The van der Waals surface area contributed by atoms with Gasteiger partial charge in [-0.05, 0) is 92.2 Å². The van der Waals surface area contributed by atoms with E-state index in [0.29, 0.717) is 23.0 Å². The molecule has 1 aromatic carbocycles. The molecule has 4 nitrogen and oxygen atoms in total. The Hall–Kier alpha value is -2.02. The van der Waals surface area contributed by atoms with Crippen LogP contribution in [0, 0.1) is 12.8 Å². The Balaban J connectivity index is 0.00000164. The first-order valence-electron chi connectivity index (χ1n) is 14.5. The van der Waals surface area contributed by atoms with Gasteiger partial charge in [0, 0.05) is 51.8 Å². The third-order valence-electron chi connectivity index (χ3n) is 8.70. The van der Waals surface area contributed by atoms with Crippen LogP contribution in [-0.2, 0) is 22.8 Å². The summed E-state index contributed by atoms with van der Waals surface area (Å²) in [6, 6.07) is 7.30. The van der Waals surface area contributed by atoms with Gasteiger partial charge >= 0.3 is 0 Å². The summed E-state index contributed by atoms with van der Waals surface area (Å²) in [5.74, 6) is 1.67. The molecule has 7 heteroatoms. The first-order chi connectivity index (χ1) is 18.2. The largest absolute Gasteiger partial charge is 0.349 e. The van der Waals surface area contributed by atoms with E-state index in [1.54, 1.807) is 12.1 Å². The molecule has 2 heterocycles. The SMILES string of the molecule is CC.Cc1c(C(=O)NC2CCS(=O)CC2)cc(-c2cc(C(F)F)cc(C3(C)CC3)c2)n1CC1CCCCC1. The van der Waals surface area contributed by atoms with Crippen LogP contribution in [-0.4, -0.2) is 32.2 Å². The van der Waals surface area contributed by atoms with Crippen LogP contribution >= 0.6 is 0 Å². The Morgan fingerprint density at radius 2 is 1.71 bits per heavy atom. The van der Waals surface area contributed by atoms with Crippen molar-refractivity contribution in [1.29, 1.82) is 0 Å². The molecule has 0 atom stereocenters. The lowest BCUT2D eigenvalue weighted by Gasteiger charge is -2.25. The van der Waals surface area contributed by atoms with Crippen molar-refractivity contribution in [3.05, 3.63) is 46.6 Å². The summed E-state index contributed by atoms with van der Waals surface area (Å²) in [5.41, 5.74) is 4.15. The Bertz CT molecular complexity index is 1140. The lowest BCUT2D eigenvalue weighted by atomic mass is 9.89. The molecule has 0 bridgehead atoms. The molecule has 2 saturated carbocycles. The fraction of sp³-hybridized carbons (Fsp3) is 0.645. The fourth-order valence-electron chi connectivity index (χ4n) is 5.93. The van der Waals surface area contributed by atoms with Crippen LogP contribution < -0.4 is 5.32 Å². The summed E-state index contributed by atoms with van der Waals surface area (Å²) in [6.07, 6.45) is 7.00. The fourth-order valence-corrected chi connectivity index (χ4v) is 7.23. The number of halogens is 2. The number of benzene rings is 1. The molecular weight excluding hydrogens is 502 g/mol. The summed E-state index contributed by atoms with van der Waals surface area (Å²) in [4.78, 5) is 13.4. The van der Waals surface area contributed by atoms with Crippen LogP contribution in [0.1, 0.15) is 112 Å². The average Bonchev–Trinajstić information content (AvgIpc) is 3.60. The maximum atomic E-state index is 13.9. The highest BCUT2D eigenvalue weighted by atomic mass is 32.2. The van der Waals surface area contributed by atoms with Crippen LogP contribution in [0.3, 0.4) is 0 Å². The highest BCUT2D eigenvalue weighted by molar-refractivity contribution is 7.85. The monoisotopic (exact) mass is 546 g/mol. The van der Waals surface area contributed by atoms with E-state index in [0.717, 1.165) is 67.6 Å². The lowest BCUT2D eigenvalue weighted by Crippen LogP contribution is -2.39. The molecule has 1 aromatic heterocycles. The number of hydrogen-bond acceptors (Lipinski definition) is 2. The molecular formula is C31H44F2N2O2S. The van der Waals surface area contributed by atoms with Gasteiger partial charge in [-0.3, -0.25) is 9.00 Å². The van der Waals surface area contributed by atoms with Crippen molar-refractivity contribution < 1.29 is 17.8 Å². The molecule has 0 spiro atoms. The number of amides is 1. The van der Waals surface area contributed by atoms with Gasteiger partial charge in [0.2, 0.25) is 0 Å². The number of carbonyl (C=O) groups is 1. The number of rotatable bonds is 7. The molecule has 0 radical (unpaired) electrons. The summed E-state index contributed by atoms with van der Waals surface area (Å²) in [5, 5.41) is 3.16. The maximum absolute atomic E-state index is 13.9. The van der Waals surface area contributed by atoms with Crippen molar-refractivity contribution in [2.75, 3.05) is 11.5 Å². The molecule has 1 aliphatic heterocycles. The number of carbonyl (C=O) groups excluding carboxylic acids is 1. The molecule has 1 amide bonds. The summed E-state index contributed by atoms with van der Waals surface area (Å²) in [7, 11) is -0.781. The summed E-state index contributed by atoms with van der Waals surface area (Å²) >= 11 is 0. The molecule has 1 saturated heterocycles. The number of nitrogens with zero attached hydrogens (tertiary/aromatic N) is 1. The van der Waals surface area contributed by atoms with Gasteiger partial charge in [0.25, 0.3) is 12.3 Å². The van der Waals surface area contributed by atoms with Crippen molar-refractivity contribution >= 4 is 16.7 Å². The average molecular weight is 547 g/mol. The lowest BCUT2D eigenvalue weighted by molar-refractivity contribution is 0.0933. The zero-order valence-corrected chi connectivity index (χ0v) is 24.3. The maximum Gasteiger partial charge on any atom is 0.263 e.